The van der Waals surface area contributed by atoms with Gasteiger partial charge >= 0.3 is 0 Å². The minimum atomic E-state index is -3.75. The molecule has 0 atom stereocenters. The Bertz CT molecular complexity index is 737. The second-order valence-corrected chi connectivity index (χ2v) is 5.76. The zero-order valence-electron chi connectivity index (χ0n) is 10.7. The van der Waals surface area contributed by atoms with E-state index in [-0.39, 0.29) is 17.1 Å². The van der Waals surface area contributed by atoms with Crippen molar-refractivity contribution in [2.75, 3.05) is 0 Å². The van der Waals surface area contributed by atoms with Crippen LogP contribution in [0.2, 0.25) is 0 Å². The van der Waals surface area contributed by atoms with E-state index >= 15 is 0 Å². The molecule has 1 aromatic carbocycles. The maximum atomic E-state index is 11.7. The van der Waals surface area contributed by atoms with Gasteiger partial charge in [0, 0.05) is 12.6 Å². The molecule has 1 amide bonds. The van der Waals surface area contributed by atoms with Crippen LogP contribution in [-0.4, -0.2) is 19.5 Å². The Labute approximate surface area is 115 Å². The summed E-state index contributed by atoms with van der Waals surface area (Å²) in [5, 5.41) is 11.2. The zero-order valence-corrected chi connectivity index (χ0v) is 11.5. The fourth-order valence-electron chi connectivity index (χ4n) is 1.58. The topological polar surface area (TPSA) is 115 Å². The summed E-state index contributed by atoms with van der Waals surface area (Å²) in [6.45, 7) is 1.84. The summed E-state index contributed by atoms with van der Waals surface area (Å²) < 4.78 is 27.2. The number of aryl methyl sites for hydroxylation is 1. The van der Waals surface area contributed by atoms with Crippen molar-refractivity contribution in [2.45, 2.75) is 18.4 Å². The number of sulfonamides is 1. The molecule has 8 heteroatoms. The normalized spacial score (nSPS) is 11.3. The summed E-state index contributed by atoms with van der Waals surface area (Å²) >= 11 is 0. The lowest BCUT2D eigenvalue weighted by Crippen LogP contribution is -2.23. The van der Waals surface area contributed by atoms with Gasteiger partial charge in [0.25, 0.3) is 5.91 Å². The molecule has 0 spiro atoms. The standard InChI is InChI=1S/C12H13N3O4S/c1-8-5-11(15-19-8)12(16)14-7-9-3-2-4-10(6-9)20(13,17)18/h2-6H,7H2,1H3,(H,14,16)(H2,13,17,18). The van der Waals surface area contributed by atoms with Crippen molar-refractivity contribution in [3.05, 3.63) is 47.3 Å². The summed E-state index contributed by atoms with van der Waals surface area (Å²) in [5.41, 5.74) is 0.787. The number of carbonyl (C=O) groups excluding carboxylic acids is 1. The van der Waals surface area contributed by atoms with Crippen molar-refractivity contribution >= 4 is 15.9 Å². The van der Waals surface area contributed by atoms with Crippen LogP contribution in [0, 0.1) is 6.92 Å². The van der Waals surface area contributed by atoms with Crippen molar-refractivity contribution in [1.29, 1.82) is 0 Å². The molecule has 2 aromatic rings. The number of amides is 1. The summed E-state index contributed by atoms with van der Waals surface area (Å²) in [6.07, 6.45) is 0. The Hall–Kier alpha value is -2.19. The molecule has 0 unspecified atom stereocenters. The molecule has 2 rings (SSSR count). The van der Waals surface area contributed by atoms with Crippen molar-refractivity contribution in [1.82, 2.24) is 10.5 Å². The van der Waals surface area contributed by atoms with Crippen molar-refractivity contribution < 1.29 is 17.7 Å². The molecule has 0 saturated heterocycles. The van der Waals surface area contributed by atoms with Crippen LogP contribution < -0.4 is 10.5 Å². The Kier molecular flexibility index (Phi) is 3.86. The van der Waals surface area contributed by atoms with Gasteiger partial charge in [-0.05, 0) is 24.6 Å². The lowest BCUT2D eigenvalue weighted by Gasteiger charge is -2.05. The molecule has 106 valence electrons. The van der Waals surface area contributed by atoms with Gasteiger partial charge in [-0.1, -0.05) is 17.3 Å². The van der Waals surface area contributed by atoms with Gasteiger partial charge in [0.15, 0.2) is 5.69 Å². The number of hydrogen-bond donors (Lipinski definition) is 2. The van der Waals surface area contributed by atoms with E-state index in [9.17, 15) is 13.2 Å². The average molecular weight is 295 g/mol. The molecule has 7 nitrogen and oxygen atoms in total. The summed E-state index contributed by atoms with van der Waals surface area (Å²) in [4.78, 5) is 11.7. The first kappa shape index (κ1) is 14.2. The van der Waals surface area contributed by atoms with E-state index in [1.165, 1.54) is 18.2 Å². The van der Waals surface area contributed by atoms with Gasteiger partial charge in [-0.2, -0.15) is 0 Å². The third-order valence-electron chi connectivity index (χ3n) is 2.54. The van der Waals surface area contributed by atoms with Crippen LogP contribution in [0.3, 0.4) is 0 Å². The minimum Gasteiger partial charge on any atom is -0.361 e. The number of benzene rings is 1. The molecule has 0 fully saturated rings. The minimum absolute atomic E-state index is 0.00142. The number of hydrogen-bond acceptors (Lipinski definition) is 5. The monoisotopic (exact) mass is 295 g/mol. The number of nitrogens with two attached hydrogens (primary N) is 1. The molecule has 1 aromatic heterocycles. The van der Waals surface area contributed by atoms with Crippen molar-refractivity contribution in [2.24, 2.45) is 5.14 Å². The van der Waals surface area contributed by atoms with Crippen LogP contribution in [0.25, 0.3) is 0 Å². The molecule has 0 aliphatic carbocycles. The highest BCUT2D eigenvalue weighted by atomic mass is 32.2. The molecule has 20 heavy (non-hydrogen) atoms. The Morgan fingerprint density at radius 2 is 2.15 bits per heavy atom. The van der Waals surface area contributed by atoms with Gasteiger partial charge in [-0.15, -0.1) is 0 Å². The smallest absolute Gasteiger partial charge is 0.273 e. The second kappa shape index (κ2) is 5.43. The maximum Gasteiger partial charge on any atom is 0.273 e. The number of nitrogens with zero attached hydrogens (tertiary/aromatic N) is 1. The molecule has 0 aliphatic heterocycles. The Morgan fingerprint density at radius 1 is 1.40 bits per heavy atom. The highest BCUT2D eigenvalue weighted by Gasteiger charge is 2.11. The van der Waals surface area contributed by atoms with Crippen LogP contribution in [0.15, 0.2) is 39.8 Å². The molecule has 0 bridgehead atoms. The highest BCUT2D eigenvalue weighted by Crippen LogP contribution is 2.10. The number of carbonyl (C=O) groups is 1. The lowest BCUT2D eigenvalue weighted by molar-refractivity contribution is 0.0942. The van der Waals surface area contributed by atoms with E-state index in [1.54, 1.807) is 19.1 Å². The number of rotatable bonds is 4. The number of nitrogens with one attached hydrogen (secondary N) is 1. The van der Waals surface area contributed by atoms with E-state index in [0.717, 1.165) is 0 Å². The summed E-state index contributed by atoms with van der Waals surface area (Å²) in [6, 6.07) is 7.55. The van der Waals surface area contributed by atoms with Gasteiger partial charge in [0.1, 0.15) is 5.76 Å². The molecular weight excluding hydrogens is 282 g/mol. The third-order valence-corrected chi connectivity index (χ3v) is 3.45. The highest BCUT2D eigenvalue weighted by molar-refractivity contribution is 7.89. The summed E-state index contributed by atoms with van der Waals surface area (Å²) in [5.74, 6) is 0.134. The van der Waals surface area contributed by atoms with Gasteiger partial charge < -0.3 is 9.84 Å². The van der Waals surface area contributed by atoms with Gasteiger partial charge in [-0.3, -0.25) is 4.79 Å². The predicted octanol–water partition coefficient (Wildman–Crippen LogP) is 0.560. The van der Waals surface area contributed by atoms with E-state index in [2.05, 4.69) is 10.5 Å². The van der Waals surface area contributed by atoms with E-state index in [0.29, 0.717) is 11.3 Å². The Balaban J connectivity index is 2.06. The molecule has 0 saturated carbocycles. The van der Waals surface area contributed by atoms with Crippen LogP contribution >= 0.6 is 0 Å². The molecule has 0 radical (unpaired) electrons. The molecule has 1 heterocycles. The zero-order chi connectivity index (χ0) is 14.8. The summed E-state index contributed by atoms with van der Waals surface area (Å²) in [7, 11) is -3.75. The van der Waals surface area contributed by atoms with E-state index in [1.807, 2.05) is 0 Å². The molecular formula is C12H13N3O4S. The fraction of sp³-hybridized carbons (Fsp3) is 0.167. The first-order valence-corrected chi connectivity index (χ1v) is 7.24. The first-order valence-electron chi connectivity index (χ1n) is 5.69. The van der Waals surface area contributed by atoms with Crippen LogP contribution in [-0.2, 0) is 16.6 Å². The molecule has 0 aliphatic rings. The van der Waals surface area contributed by atoms with Crippen LogP contribution in [0.5, 0.6) is 0 Å². The SMILES string of the molecule is Cc1cc(C(=O)NCc2cccc(S(N)(=O)=O)c2)no1. The number of aromatic nitrogens is 1. The van der Waals surface area contributed by atoms with Crippen LogP contribution in [0.4, 0.5) is 0 Å². The van der Waals surface area contributed by atoms with Gasteiger partial charge in [0.2, 0.25) is 10.0 Å². The first-order chi connectivity index (χ1) is 9.36. The fourth-order valence-corrected chi connectivity index (χ4v) is 2.16. The molecule has 3 N–H and O–H groups in total. The van der Waals surface area contributed by atoms with Gasteiger partial charge in [0.05, 0.1) is 4.90 Å². The average Bonchev–Trinajstić information content (AvgIpc) is 2.82. The lowest BCUT2D eigenvalue weighted by atomic mass is 10.2. The third kappa shape index (κ3) is 3.43. The maximum absolute atomic E-state index is 11.7. The van der Waals surface area contributed by atoms with E-state index < -0.39 is 15.9 Å². The predicted molar refractivity (Wildman–Crippen MR) is 70.2 cm³/mol. The second-order valence-electron chi connectivity index (χ2n) is 4.20. The number of primary sulfonamides is 1. The Morgan fingerprint density at radius 3 is 2.75 bits per heavy atom. The van der Waals surface area contributed by atoms with E-state index in [4.69, 9.17) is 9.66 Å². The van der Waals surface area contributed by atoms with Crippen molar-refractivity contribution in [3.63, 3.8) is 0 Å². The quantitative estimate of drug-likeness (QED) is 0.855. The largest absolute Gasteiger partial charge is 0.361 e. The van der Waals surface area contributed by atoms with Gasteiger partial charge in [-0.25, -0.2) is 13.6 Å². The van der Waals surface area contributed by atoms with Crippen LogP contribution in [0.1, 0.15) is 21.8 Å². The van der Waals surface area contributed by atoms with Crippen molar-refractivity contribution in [3.8, 4) is 0 Å².